The number of carbonyl (C=O) groups is 1. The van der Waals surface area contributed by atoms with Gasteiger partial charge in [0.2, 0.25) is 0 Å². The number of rotatable bonds is 3. The number of nitrogens with one attached hydrogen (secondary N) is 1. The molecule has 0 aromatic heterocycles. The average molecular weight is 199 g/mol. The molecule has 1 fully saturated rings. The first-order chi connectivity index (χ1) is 6.59. The molecule has 0 bridgehead atoms. The second-order valence-corrected chi connectivity index (χ2v) is 4.44. The zero-order valence-corrected chi connectivity index (χ0v) is 9.43. The highest BCUT2D eigenvalue weighted by Crippen LogP contribution is 2.28. The van der Waals surface area contributed by atoms with E-state index in [0.29, 0.717) is 6.61 Å². The number of hydrogen-bond donors (Lipinski definition) is 1. The van der Waals surface area contributed by atoms with Crippen LogP contribution in [0.15, 0.2) is 0 Å². The summed E-state index contributed by atoms with van der Waals surface area (Å²) in [5, 5.41) is 3.40. The van der Waals surface area contributed by atoms with Gasteiger partial charge in [-0.15, -0.1) is 0 Å². The predicted molar refractivity (Wildman–Crippen MR) is 56.1 cm³/mol. The Hall–Kier alpha value is -0.570. The summed E-state index contributed by atoms with van der Waals surface area (Å²) >= 11 is 0. The third-order valence-corrected chi connectivity index (χ3v) is 2.98. The van der Waals surface area contributed by atoms with Crippen LogP contribution in [-0.2, 0) is 9.53 Å². The molecular formula is C11H21NO2. The van der Waals surface area contributed by atoms with Crippen molar-refractivity contribution >= 4 is 5.97 Å². The van der Waals surface area contributed by atoms with Crippen LogP contribution in [0.25, 0.3) is 0 Å². The largest absolute Gasteiger partial charge is 0.466 e. The van der Waals surface area contributed by atoms with E-state index in [0.717, 1.165) is 13.0 Å². The Morgan fingerprint density at radius 1 is 1.50 bits per heavy atom. The van der Waals surface area contributed by atoms with E-state index >= 15 is 0 Å². The molecule has 1 N–H and O–H groups in total. The van der Waals surface area contributed by atoms with Gasteiger partial charge in [-0.1, -0.05) is 6.42 Å². The van der Waals surface area contributed by atoms with Gasteiger partial charge in [-0.3, -0.25) is 4.79 Å². The minimum absolute atomic E-state index is 0.0839. The maximum Gasteiger partial charge on any atom is 0.313 e. The summed E-state index contributed by atoms with van der Waals surface area (Å²) in [4.78, 5) is 11.7. The van der Waals surface area contributed by atoms with Crippen LogP contribution in [-0.4, -0.2) is 25.2 Å². The van der Waals surface area contributed by atoms with Crippen molar-refractivity contribution in [3.63, 3.8) is 0 Å². The Morgan fingerprint density at radius 2 is 2.21 bits per heavy atom. The normalized spacial score (nSPS) is 23.2. The number of ether oxygens (including phenoxy) is 1. The minimum Gasteiger partial charge on any atom is -0.466 e. The van der Waals surface area contributed by atoms with E-state index in [9.17, 15) is 4.79 Å². The molecule has 1 unspecified atom stereocenters. The second kappa shape index (κ2) is 4.78. The molecule has 0 radical (unpaired) electrons. The minimum atomic E-state index is -0.392. The molecule has 1 rings (SSSR count). The average Bonchev–Trinajstić information content (AvgIpc) is 2.19. The third kappa shape index (κ3) is 2.47. The summed E-state index contributed by atoms with van der Waals surface area (Å²) in [6.07, 6.45) is 3.50. The Kier molecular flexibility index (Phi) is 3.93. The van der Waals surface area contributed by atoms with E-state index in [1.165, 1.54) is 12.8 Å². The zero-order chi connectivity index (χ0) is 10.6. The molecule has 82 valence electrons. The fourth-order valence-corrected chi connectivity index (χ4v) is 1.93. The van der Waals surface area contributed by atoms with Crippen LogP contribution in [0.2, 0.25) is 0 Å². The van der Waals surface area contributed by atoms with Gasteiger partial charge in [0, 0.05) is 6.04 Å². The number of carbonyl (C=O) groups excluding carboxylic acids is 1. The molecule has 1 atom stereocenters. The summed E-state index contributed by atoms with van der Waals surface area (Å²) in [6.45, 7) is 7.27. The smallest absolute Gasteiger partial charge is 0.313 e. The van der Waals surface area contributed by atoms with Gasteiger partial charge in [0.05, 0.1) is 12.0 Å². The lowest BCUT2D eigenvalue weighted by molar-refractivity contribution is -0.155. The maximum absolute atomic E-state index is 11.7. The summed E-state index contributed by atoms with van der Waals surface area (Å²) in [5.74, 6) is -0.0839. The molecule has 0 aromatic carbocycles. The third-order valence-electron chi connectivity index (χ3n) is 2.98. The molecule has 0 spiro atoms. The van der Waals surface area contributed by atoms with Crippen LogP contribution in [0.3, 0.4) is 0 Å². The number of hydrogen-bond acceptors (Lipinski definition) is 3. The molecule has 1 heterocycles. The van der Waals surface area contributed by atoms with E-state index in [1.807, 2.05) is 20.8 Å². The van der Waals surface area contributed by atoms with Gasteiger partial charge < -0.3 is 10.1 Å². The van der Waals surface area contributed by atoms with Crippen molar-refractivity contribution in [2.75, 3.05) is 13.2 Å². The quantitative estimate of drug-likeness (QED) is 0.703. The lowest BCUT2D eigenvalue weighted by Crippen LogP contribution is -2.49. The van der Waals surface area contributed by atoms with E-state index < -0.39 is 5.41 Å². The van der Waals surface area contributed by atoms with Crippen molar-refractivity contribution < 1.29 is 9.53 Å². The van der Waals surface area contributed by atoms with Crippen molar-refractivity contribution in [3.05, 3.63) is 0 Å². The summed E-state index contributed by atoms with van der Waals surface area (Å²) in [7, 11) is 0. The first-order valence-corrected chi connectivity index (χ1v) is 5.49. The lowest BCUT2D eigenvalue weighted by atomic mass is 9.80. The maximum atomic E-state index is 11.7. The van der Waals surface area contributed by atoms with Crippen LogP contribution in [0.4, 0.5) is 0 Å². The highest BCUT2D eigenvalue weighted by molar-refractivity contribution is 5.76. The first-order valence-electron chi connectivity index (χ1n) is 5.49. The Bertz CT molecular complexity index is 195. The van der Waals surface area contributed by atoms with Gasteiger partial charge in [0.15, 0.2) is 0 Å². The topological polar surface area (TPSA) is 38.3 Å². The molecule has 0 aliphatic carbocycles. The highest BCUT2D eigenvalue weighted by Gasteiger charge is 2.38. The van der Waals surface area contributed by atoms with Crippen LogP contribution in [0, 0.1) is 5.41 Å². The monoisotopic (exact) mass is 199 g/mol. The first kappa shape index (κ1) is 11.5. The Balaban J connectivity index is 2.57. The van der Waals surface area contributed by atoms with Gasteiger partial charge >= 0.3 is 5.97 Å². The van der Waals surface area contributed by atoms with Crippen molar-refractivity contribution in [2.24, 2.45) is 5.41 Å². The van der Waals surface area contributed by atoms with Crippen LogP contribution in [0.1, 0.15) is 40.0 Å². The molecule has 0 amide bonds. The second-order valence-electron chi connectivity index (χ2n) is 4.44. The van der Waals surface area contributed by atoms with Gasteiger partial charge in [0.25, 0.3) is 0 Å². The summed E-state index contributed by atoms with van der Waals surface area (Å²) < 4.78 is 5.08. The molecule has 1 saturated heterocycles. The standard InChI is InChI=1S/C11H21NO2/c1-4-14-10(13)11(2,3)9-7-5-6-8-12-9/h9,12H,4-8H2,1-3H3. The Labute approximate surface area is 86.2 Å². The predicted octanol–water partition coefficient (Wildman–Crippen LogP) is 1.72. The van der Waals surface area contributed by atoms with Crippen LogP contribution >= 0.6 is 0 Å². The van der Waals surface area contributed by atoms with Crippen molar-refractivity contribution in [3.8, 4) is 0 Å². The molecule has 0 saturated carbocycles. The molecule has 1 aliphatic heterocycles. The van der Waals surface area contributed by atoms with E-state index in [4.69, 9.17) is 4.74 Å². The molecule has 3 nitrogen and oxygen atoms in total. The number of esters is 1. The summed E-state index contributed by atoms with van der Waals surface area (Å²) in [6, 6.07) is 0.273. The SMILES string of the molecule is CCOC(=O)C(C)(C)C1CCCCN1. The highest BCUT2D eigenvalue weighted by atomic mass is 16.5. The van der Waals surface area contributed by atoms with Gasteiger partial charge in [-0.05, 0) is 40.2 Å². The van der Waals surface area contributed by atoms with Gasteiger partial charge in [-0.25, -0.2) is 0 Å². The molecule has 3 heteroatoms. The fourth-order valence-electron chi connectivity index (χ4n) is 1.93. The molecule has 0 aromatic rings. The zero-order valence-electron chi connectivity index (χ0n) is 9.43. The van der Waals surface area contributed by atoms with E-state index in [2.05, 4.69) is 5.32 Å². The van der Waals surface area contributed by atoms with Crippen molar-refractivity contribution in [1.29, 1.82) is 0 Å². The molecule has 1 aliphatic rings. The van der Waals surface area contributed by atoms with Crippen molar-refractivity contribution in [2.45, 2.75) is 46.1 Å². The van der Waals surface area contributed by atoms with Crippen molar-refractivity contribution in [1.82, 2.24) is 5.32 Å². The van der Waals surface area contributed by atoms with E-state index in [-0.39, 0.29) is 12.0 Å². The summed E-state index contributed by atoms with van der Waals surface area (Å²) in [5.41, 5.74) is -0.392. The Morgan fingerprint density at radius 3 is 2.71 bits per heavy atom. The molecule has 14 heavy (non-hydrogen) atoms. The molecular weight excluding hydrogens is 178 g/mol. The van der Waals surface area contributed by atoms with Crippen LogP contribution < -0.4 is 5.32 Å². The van der Waals surface area contributed by atoms with Gasteiger partial charge in [-0.2, -0.15) is 0 Å². The fraction of sp³-hybridized carbons (Fsp3) is 0.909. The lowest BCUT2D eigenvalue weighted by Gasteiger charge is -2.35. The van der Waals surface area contributed by atoms with Crippen LogP contribution in [0.5, 0.6) is 0 Å². The number of piperidine rings is 1. The van der Waals surface area contributed by atoms with E-state index in [1.54, 1.807) is 0 Å². The van der Waals surface area contributed by atoms with Gasteiger partial charge in [0.1, 0.15) is 0 Å².